The van der Waals surface area contributed by atoms with Gasteiger partial charge in [-0.3, -0.25) is 19.6 Å². The largest absolute Gasteiger partial charge is 0.327 e. The molecule has 0 N–H and O–H groups in total. The van der Waals surface area contributed by atoms with Crippen LogP contribution in [0.1, 0.15) is 28.2 Å². The first-order valence-corrected chi connectivity index (χ1v) is 10.1. The van der Waals surface area contributed by atoms with Gasteiger partial charge >= 0.3 is 6.03 Å². The zero-order valence-electron chi connectivity index (χ0n) is 15.7. The maximum absolute atomic E-state index is 13.2. The predicted octanol–water partition coefficient (Wildman–Crippen LogP) is 2.88. The fourth-order valence-electron chi connectivity index (χ4n) is 4.08. The maximum Gasteiger partial charge on any atom is 0.327 e. The van der Waals surface area contributed by atoms with Gasteiger partial charge in [0.1, 0.15) is 5.54 Å². The van der Waals surface area contributed by atoms with Gasteiger partial charge < -0.3 is 4.90 Å². The number of likely N-dealkylation sites (N-methyl/N-ethyl adjacent to an activating group) is 1. The Kier molecular flexibility index (Phi) is 4.74. The molecule has 4 rings (SSSR count). The van der Waals surface area contributed by atoms with E-state index in [2.05, 4.69) is 28.9 Å². The van der Waals surface area contributed by atoms with Crippen LogP contribution in [0.4, 0.5) is 4.79 Å². The number of imide groups is 1. The van der Waals surface area contributed by atoms with Crippen LogP contribution in [0.2, 0.25) is 0 Å². The van der Waals surface area contributed by atoms with Crippen molar-refractivity contribution in [3.8, 4) is 0 Å². The minimum Gasteiger partial charge on any atom is -0.312 e. The summed E-state index contributed by atoms with van der Waals surface area (Å²) in [4.78, 5) is 38.2. The molecule has 142 valence electrons. The zero-order chi connectivity index (χ0) is 19.0. The third-order valence-corrected chi connectivity index (χ3v) is 6.71. The highest BCUT2D eigenvalue weighted by atomic mass is 32.1. The van der Waals surface area contributed by atoms with Gasteiger partial charge in [0.05, 0.1) is 6.54 Å². The number of likely N-dealkylation sites (tertiary alicyclic amines) is 1. The van der Waals surface area contributed by atoms with E-state index in [0.29, 0.717) is 12.8 Å². The van der Waals surface area contributed by atoms with Gasteiger partial charge in [-0.05, 0) is 43.5 Å². The van der Waals surface area contributed by atoms with Gasteiger partial charge in [-0.1, -0.05) is 6.07 Å². The molecule has 0 aromatic carbocycles. The van der Waals surface area contributed by atoms with Gasteiger partial charge in [-0.15, -0.1) is 11.3 Å². The van der Waals surface area contributed by atoms with E-state index in [0.717, 1.165) is 25.2 Å². The highest BCUT2D eigenvalue weighted by molar-refractivity contribution is 7.11. The van der Waals surface area contributed by atoms with Crippen molar-refractivity contribution in [1.82, 2.24) is 19.7 Å². The molecule has 0 bridgehead atoms. The highest BCUT2D eigenvalue weighted by Crippen LogP contribution is 2.37. The van der Waals surface area contributed by atoms with Crippen LogP contribution in [0.3, 0.4) is 0 Å². The Hall–Kier alpha value is -2.25. The van der Waals surface area contributed by atoms with Crippen molar-refractivity contribution in [2.45, 2.75) is 38.4 Å². The van der Waals surface area contributed by atoms with Gasteiger partial charge in [0.2, 0.25) is 0 Å². The number of aromatic nitrogens is 1. The molecular weight excluding hydrogens is 360 g/mol. The second-order valence-corrected chi connectivity index (χ2v) is 8.79. The number of hydrogen-bond acceptors (Lipinski definition) is 5. The maximum atomic E-state index is 13.2. The van der Waals surface area contributed by atoms with Crippen molar-refractivity contribution in [2.75, 3.05) is 20.1 Å². The summed E-state index contributed by atoms with van der Waals surface area (Å²) < 4.78 is 0. The molecule has 0 aliphatic carbocycles. The summed E-state index contributed by atoms with van der Waals surface area (Å²) in [5.74, 6) is -0.0644. The predicted molar refractivity (Wildman–Crippen MR) is 104 cm³/mol. The van der Waals surface area contributed by atoms with Crippen LogP contribution in [0.5, 0.6) is 0 Å². The Bertz CT molecular complexity index is 843. The van der Waals surface area contributed by atoms with Crippen molar-refractivity contribution >= 4 is 23.3 Å². The average Bonchev–Trinajstić information content (AvgIpc) is 3.16. The van der Waals surface area contributed by atoms with Gasteiger partial charge in [-0.25, -0.2) is 4.79 Å². The van der Waals surface area contributed by atoms with E-state index in [-0.39, 0.29) is 18.5 Å². The fraction of sp³-hybridized carbons (Fsp3) is 0.450. The van der Waals surface area contributed by atoms with Crippen LogP contribution in [-0.2, 0) is 17.9 Å². The van der Waals surface area contributed by atoms with E-state index in [1.807, 2.05) is 23.5 Å². The first-order chi connectivity index (χ1) is 13.0. The summed E-state index contributed by atoms with van der Waals surface area (Å²) in [5, 5.41) is 0. The second-order valence-electron chi connectivity index (χ2n) is 7.41. The summed E-state index contributed by atoms with van der Waals surface area (Å²) in [5.41, 5.74) is 0.177. The molecule has 3 amide bonds. The molecule has 4 heterocycles. The van der Waals surface area contributed by atoms with Crippen LogP contribution in [0, 0.1) is 6.92 Å². The topological polar surface area (TPSA) is 56.8 Å². The number of thiophene rings is 1. The van der Waals surface area contributed by atoms with E-state index in [9.17, 15) is 9.59 Å². The molecule has 7 heteroatoms. The average molecular weight is 385 g/mol. The molecule has 2 saturated heterocycles. The van der Waals surface area contributed by atoms with Crippen molar-refractivity contribution in [2.24, 2.45) is 0 Å². The SMILES string of the molecule is Cc1ccc(CN2CCC3(CC2)C(=O)N(Cc2cccnc2)C(=O)N3C)s1. The Morgan fingerprint density at radius 1 is 1.15 bits per heavy atom. The number of pyridine rings is 1. The number of urea groups is 1. The minimum atomic E-state index is -0.693. The number of nitrogens with zero attached hydrogens (tertiary/aromatic N) is 4. The Balaban J connectivity index is 1.45. The van der Waals surface area contributed by atoms with E-state index in [1.165, 1.54) is 14.7 Å². The highest BCUT2D eigenvalue weighted by Gasteiger charge is 2.56. The lowest BCUT2D eigenvalue weighted by Crippen LogP contribution is -2.55. The summed E-state index contributed by atoms with van der Waals surface area (Å²) in [7, 11) is 1.77. The number of carbonyl (C=O) groups excluding carboxylic acids is 2. The van der Waals surface area contributed by atoms with E-state index in [4.69, 9.17) is 0 Å². The van der Waals surface area contributed by atoms with Crippen molar-refractivity contribution < 1.29 is 9.59 Å². The van der Waals surface area contributed by atoms with E-state index >= 15 is 0 Å². The Morgan fingerprint density at radius 3 is 2.56 bits per heavy atom. The molecule has 2 aromatic rings. The van der Waals surface area contributed by atoms with Crippen LogP contribution < -0.4 is 0 Å². The van der Waals surface area contributed by atoms with Gasteiger partial charge in [-0.2, -0.15) is 0 Å². The molecule has 2 fully saturated rings. The molecule has 2 aliphatic heterocycles. The first-order valence-electron chi connectivity index (χ1n) is 9.26. The number of amides is 3. The molecule has 0 radical (unpaired) electrons. The number of hydrogen-bond donors (Lipinski definition) is 0. The molecule has 0 unspecified atom stereocenters. The van der Waals surface area contributed by atoms with Crippen molar-refractivity contribution in [3.05, 3.63) is 52.0 Å². The standard InChI is InChI=1S/C20H24N4O2S/c1-15-5-6-17(27-15)14-23-10-7-20(8-11-23)18(25)24(19(26)22(20)2)13-16-4-3-9-21-12-16/h3-6,9,12H,7-8,10-11,13-14H2,1-2H3. The number of piperidine rings is 1. The van der Waals surface area contributed by atoms with Gasteiger partial charge in [0, 0.05) is 48.8 Å². The van der Waals surface area contributed by atoms with E-state index in [1.54, 1.807) is 24.3 Å². The monoisotopic (exact) mass is 384 g/mol. The zero-order valence-corrected chi connectivity index (χ0v) is 16.5. The Labute approximate surface area is 163 Å². The van der Waals surface area contributed by atoms with Crippen molar-refractivity contribution in [1.29, 1.82) is 0 Å². The summed E-state index contributed by atoms with van der Waals surface area (Å²) in [6.07, 6.45) is 4.76. The lowest BCUT2D eigenvalue weighted by Gasteiger charge is -2.40. The molecule has 0 atom stereocenters. The van der Waals surface area contributed by atoms with E-state index < -0.39 is 5.54 Å². The first kappa shape index (κ1) is 18.1. The van der Waals surface area contributed by atoms with Crippen LogP contribution in [-0.4, -0.2) is 57.3 Å². The van der Waals surface area contributed by atoms with Gasteiger partial charge in [0.15, 0.2) is 0 Å². The van der Waals surface area contributed by atoms with Gasteiger partial charge in [0.25, 0.3) is 5.91 Å². The quantitative estimate of drug-likeness (QED) is 0.761. The Morgan fingerprint density at radius 2 is 1.93 bits per heavy atom. The molecule has 2 aromatic heterocycles. The normalized spacial score (nSPS) is 20.1. The molecule has 2 aliphatic rings. The lowest BCUT2D eigenvalue weighted by molar-refractivity contribution is -0.135. The summed E-state index contributed by atoms with van der Waals surface area (Å²) in [6.45, 7) is 4.96. The van der Waals surface area contributed by atoms with Crippen molar-refractivity contribution in [3.63, 3.8) is 0 Å². The smallest absolute Gasteiger partial charge is 0.312 e. The molecule has 27 heavy (non-hydrogen) atoms. The molecular formula is C20H24N4O2S. The van der Waals surface area contributed by atoms with Crippen LogP contribution >= 0.6 is 11.3 Å². The number of rotatable bonds is 4. The summed E-state index contributed by atoms with van der Waals surface area (Å²) >= 11 is 1.82. The lowest BCUT2D eigenvalue weighted by atomic mass is 9.86. The minimum absolute atomic E-state index is 0.0644. The van der Waals surface area contributed by atoms with Crippen LogP contribution in [0.15, 0.2) is 36.7 Å². The second kappa shape index (κ2) is 7.05. The fourth-order valence-corrected chi connectivity index (χ4v) is 5.01. The third kappa shape index (κ3) is 3.26. The number of aryl methyl sites for hydroxylation is 1. The van der Waals surface area contributed by atoms with Crippen LogP contribution in [0.25, 0.3) is 0 Å². The molecule has 6 nitrogen and oxygen atoms in total. The summed E-state index contributed by atoms with van der Waals surface area (Å²) in [6, 6.07) is 7.84. The molecule has 1 spiro atoms. The molecule has 0 saturated carbocycles. The number of carbonyl (C=O) groups is 2. The third-order valence-electron chi connectivity index (χ3n) is 5.73.